The van der Waals surface area contributed by atoms with Gasteiger partial charge < -0.3 is 15.2 Å². The van der Waals surface area contributed by atoms with Gasteiger partial charge in [0.05, 0.1) is 0 Å². The Morgan fingerprint density at radius 1 is 0.857 bits per heavy atom. The summed E-state index contributed by atoms with van der Waals surface area (Å²) in [5, 5.41) is 0. The first-order chi connectivity index (χ1) is 13.3. The molecule has 0 aromatic heterocycles. The minimum absolute atomic E-state index is 0.312. The van der Waals surface area contributed by atoms with Crippen molar-refractivity contribution in [1.29, 1.82) is 0 Å². The van der Waals surface area contributed by atoms with Gasteiger partial charge in [0, 0.05) is 5.69 Å². The van der Waals surface area contributed by atoms with Crippen LogP contribution in [0, 0.1) is 0 Å². The molecule has 3 aromatic carbocycles. The van der Waals surface area contributed by atoms with E-state index in [1.54, 1.807) is 18.2 Å². The highest BCUT2D eigenvalue weighted by molar-refractivity contribution is 5.93. The van der Waals surface area contributed by atoms with Crippen molar-refractivity contribution >= 4 is 11.7 Å². The zero-order valence-corrected chi connectivity index (χ0v) is 16.4. The fraction of sp³-hybridized carbons (Fsp3) is 0.208. The van der Waals surface area contributed by atoms with Crippen molar-refractivity contribution in [3.05, 3.63) is 95.6 Å². The number of carbonyl (C=O) groups excluding carboxylic acids is 1. The molecule has 4 heteroatoms. The van der Waals surface area contributed by atoms with Crippen LogP contribution in [-0.2, 0) is 4.74 Å². The molecule has 2 N–H and O–H groups in total. The first-order valence-corrected chi connectivity index (χ1v) is 9.23. The lowest BCUT2D eigenvalue weighted by atomic mass is 10.0. The quantitative estimate of drug-likeness (QED) is 0.479. The first kappa shape index (κ1) is 19.5. The Balaban J connectivity index is 2.01. The molecule has 0 unspecified atom stereocenters. The summed E-state index contributed by atoms with van der Waals surface area (Å²) in [5.41, 5.74) is 8.07. The normalized spacial score (nSPS) is 11.3. The summed E-state index contributed by atoms with van der Waals surface area (Å²) in [7, 11) is 0. The highest BCUT2D eigenvalue weighted by atomic mass is 16.6. The molecule has 0 atom stereocenters. The SMILES string of the molecule is CC(C)(C)OC(=O)c1cc(N)ccc1OC(c1ccccc1)c1ccccc1. The smallest absolute Gasteiger partial charge is 0.342 e. The van der Waals surface area contributed by atoms with Crippen LogP contribution in [0.4, 0.5) is 5.69 Å². The molecule has 0 spiro atoms. The third-order valence-electron chi connectivity index (χ3n) is 4.07. The third kappa shape index (κ3) is 4.92. The highest BCUT2D eigenvalue weighted by Crippen LogP contribution is 2.32. The lowest BCUT2D eigenvalue weighted by molar-refractivity contribution is 0.00647. The predicted octanol–water partition coefficient (Wildman–Crippen LogP) is 5.39. The molecule has 0 saturated heterocycles. The second-order valence-corrected chi connectivity index (χ2v) is 7.58. The van der Waals surface area contributed by atoms with Crippen LogP contribution in [0.1, 0.15) is 48.4 Å². The molecule has 0 heterocycles. The molecule has 3 aromatic rings. The van der Waals surface area contributed by atoms with E-state index in [2.05, 4.69) is 0 Å². The molecular weight excluding hydrogens is 350 g/mol. The van der Waals surface area contributed by atoms with Gasteiger partial charge in [-0.05, 0) is 50.1 Å². The number of rotatable bonds is 5. The number of esters is 1. The van der Waals surface area contributed by atoms with Gasteiger partial charge in [-0.2, -0.15) is 0 Å². The Morgan fingerprint density at radius 2 is 1.39 bits per heavy atom. The number of nitrogen functional groups attached to an aromatic ring is 1. The van der Waals surface area contributed by atoms with Gasteiger partial charge in [0.1, 0.15) is 23.0 Å². The van der Waals surface area contributed by atoms with E-state index >= 15 is 0 Å². The molecule has 3 rings (SSSR count). The molecule has 0 bridgehead atoms. The molecule has 144 valence electrons. The van der Waals surface area contributed by atoms with E-state index in [1.165, 1.54) is 0 Å². The van der Waals surface area contributed by atoms with Crippen molar-refractivity contribution in [2.75, 3.05) is 5.73 Å². The van der Waals surface area contributed by atoms with Crippen LogP contribution in [0.5, 0.6) is 5.75 Å². The van der Waals surface area contributed by atoms with Crippen molar-refractivity contribution < 1.29 is 14.3 Å². The van der Waals surface area contributed by atoms with E-state index in [0.29, 0.717) is 17.0 Å². The summed E-state index contributed by atoms with van der Waals surface area (Å²) in [4.78, 5) is 12.7. The van der Waals surface area contributed by atoms with Crippen LogP contribution in [0.15, 0.2) is 78.9 Å². The van der Waals surface area contributed by atoms with Crippen LogP contribution in [-0.4, -0.2) is 11.6 Å². The van der Waals surface area contributed by atoms with Crippen LogP contribution in [0.25, 0.3) is 0 Å². The maximum Gasteiger partial charge on any atom is 0.342 e. The minimum atomic E-state index is -0.614. The minimum Gasteiger partial charge on any atom is -0.480 e. The largest absolute Gasteiger partial charge is 0.480 e. The van der Waals surface area contributed by atoms with Gasteiger partial charge in [-0.3, -0.25) is 0 Å². The van der Waals surface area contributed by atoms with E-state index in [-0.39, 0.29) is 6.10 Å². The monoisotopic (exact) mass is 375 g/mol. The number of ether oxygens (including phenoxy) is 2. The number of anilines is 1. The Bertz CT molecular complexity index is 892. The van der Waals surface area contributed by atoms with Gasteiger partial charge >= 0.3 is 5.97 Å². The standard InChI is InChI=1S/C24H25NO3/c1-24(2,3)28-23(26)20-16-19(25)14-15-21(20)27-22(17-10-6-4-7-11-17)18-12-8-5-9-13-18/h4-16,22H,25H2,1-3H3. The molecule has 28 heavy (non-hydrogen) atoms. The van der Waals surface area contributed by atoms with Crippen molar-refractivity contribution in [2.24, 2.45) is 0 Å². The summed E-state index contributed by atoms with van der Waals surface area (Å²) in [6.07, 6.45) is -0.368. The molecule has 0 aliphatic carbocycles. The number of hydrogen-bond donors (Lipinski definition) is 1. The zero-order chi connectivity index (χ0) is 20.1. The number of carbonyl (C=O) groups is 1. The average molecular weight is 375 g/mol. The summed E-state index contributed by atoms with van der Waals surface area (Å²) in [6, 6.07) is 24.8. The molecule has 0 fully saturated rings. The highest BCUT2D eigenvalue weighted by Gasteiger charge is 2.24. The average Bonchev–Trinajstić information content (AvgIpc) is 2.67. The third-order valence-corrected chi connectivity index (χ3v) is 4.07. The Hall–Kier alpha value is -3.27. The van der Waals surface area contributed by atoms with E-state index in [1.807, 2.05) is 81.4 Å². The van der Waals surface area contributed by atoms with Gasteiger partial charge in [-0.25, -0.2) is 4.79 Å². The molecule has 0 aliphatic heterocycles. The van der Waals surface area contributed by atoms with Gasteiger partial charge in [-0.1, -0.05) is 60.7 Å². The maximum absolute atomic E-state index is 12.7. The van der Waals surface area contributed by atoms with Gasteiger partial charge in [-0.15, -0.1) is 0 Å². The zero-order valence-electron chi connectivity index (χ0n) is 16.4. The summed E-state index contributed by atoms with van der Waals surface area (Å²) < 4.78 is 11.9. The van der Waals surface area contributed by atoms with Crippen LogP contribution in [0.2, 0.25) is 0 Å². The summed E-state index contributed by atoms with van der Waals surface area (Å²) in [5.74, 6) is -0.0316. The summed E-state index contributed by atoms with van der Waals surface area (Å²) >= 11 is 0. The molecule has 4 nitrogen and oxygen atoms in total. The molecule has 0 amide bonds. The number of hydrogen-bond acceptors (Lipinski definition) is 4. The van der Waals surface area contributed by atoms with Gasteiger partial charge in [0.15, 0.2) is 0 Å². The van der Waals surface area contributed by atoms with Gasteiger partial charge in [0.2, 0.25) is 0 Å². The van der Waals surface area contributed by atoms with Crippen molar-refractivity contribution in [3.63, 3.8) is 0 Å². The second-order valence-electron chi connectivity index (χ2n) is 7.58. The Morgan fingerprint density at radius 3 is 1.89 bits per heavy atom. The fourth-order valence-electron chi connectivity index (χ4n) is 2.85. The topological polar surface area (TPSA) is 61.5 Å². The Kier molecular flexibility index (Phi) is 5.69. The predicted molar refractivity (Wildman–Crippen MR) is 111 cm³/mol. The maximum atomic E-state index is 12.7. The molecule has 0 aliphatic rings. The fourth-order valence-corrected chi connectivity index (χ4v) is 2.85. The molecular formula is C24H25NO3. The second kappa shape index (κ2) is 8.17. The summed E-state index contributed by atoms with van der Waals surface area (Å²) in [6.45, 7) is 5.48. The van der Waals surface area contributed by atoms with Crippen molar-refractivity contribution in [1.82, 2.24) is 0 Å². The van der Waals surface area contributed by atoms with Crippen molar-refractivity contribution in [3.8, 4) is 5.75 Å². The first-order valence-electron chi connectivity index (χ1n) is 9.23. The van der Waals surface area contributed by atoms with E-state index in [4.69, 9.17) is 15.2 Å². The van der Waals surface area contributed by atoms with Crippen LogP contribution in [0.3, 0.4) is 0 Å². The van der Waals surface area contributed by atoms with E-state index in [0.717, 1.165) is 11.1 Å². The lowest BCUT2D eigenvalue weighted by Gasteiger charge is -2.24. The number of benzene rings is 3. The van der Waals surface area contributed by atoms with E-state index in [9.17, 15) is 4.79 Å². The molecule has 0 saturated carbocycles. The Labute approximate surface area is 165 Å². The number of nitrogens with two attached hydrogens (primary N) is 1. The lowest BCUT2D eigenvalue weighted by Crippen LogP contribution is -2.24. The van der Waals surface area contributed by atoms with Gasteiger partial charge in [0.25, 0.3) is 0 Å². The van der Waals surface area contributed by atoms with Crippen LogP contribution >= 0.6 is 0 Å². The molecule has 0 radical (unpaired) electrons. The van der Waals surface area contributed by atoms with Crippen molar-refractivity contribution in [2.45, 2.75) is 32.5 Å². The van der Waals surface area contributed by atoms with Crippen LogP contribution < -0.4 is 10.5 Å². The van der Waals surface area contributed by atoms with E-state index < -0.39 is 11.6 Å².